The average molecular weight is 450 g/mol. The first-order chi connectivity index (χ1) is 17.4. The fourth-order valence-electron chi connectivity index (χ4n) is 5.41. The van der Waals surface area contributed by atoms with Gasteiger partial charge in [-0.15, -0.1) is 0 Å². The molecule has 0 spiro atoms. The summed E-state index contributed by atoms with van der Waals surface area (Å²) in [6.07, 6.45) is 0. The van der Waals surface area contributed by atoms with E-state index in [0.29, 0.717) is 0 Å². The highest BCUT2D eigenvalue weighted by atomic mass is 16.5. The van der Waals surface area contributed by atoms with Crippen LogP contribution in [-0.4, -0.2) is 14.1 Å². The van der Waals surface area contributed by atoms with Crippen molar-refractivity contribution in [2.45, 2.75) is 0 Å². The van der Waals surface area contributed by atoms with Crippen molar-refractivity contribution >= 4 is 32.8 Å². The lowest BCUT2D eigenvalue weighted by Crippen LogP contribution is -2.05. The van der Waals surface area contributed by atoms with Crippen molar-refractivity contribution in [2.75, 3.05) is 0 Å². The van der Waals surface area contributed by atoms with Gasteiger partial charge in [0, 0.05) is 22.0 Å². The van der Waals surface area contributed by atoms with Crippen molar-refractivity contribution in [1.82, 2.24) is 14.1 Å². The molecule has 5 aromatic carbocycles. The molecule has 4 nitrogen and oxygen atoms in total. The summed E-state index contributed by atoms with van der Waals surface area (Å²) in [5.41, 5.74) is 7.55. The minimum absolute atomic E-state index is 0.835. The maximum atomic E-state index is 6.18. The molecule has 0 aliphatic carbocycles. The Balaban J connectivity index is 1.34. The Bertz CT molecular complexity index is 1870. The standard InChI is InChI=1S/C31H19N3O/c1-3-11-25-22(8-1)23-9-2-4-12-26(23)33(25)21-18-16-20(17-19-21)31-32-24-10-7-15-29-30(24)34(31)27-13-5-6-14-28(27)35-29/h1-19H. The monoisotopic (exact) mass is 449 g/mol. The molecule has 0 saturated heterocycles. The van der Waals surface area contributed by atoms with E-state index in [1.807, 2.05) is 36.4 Å². The van der Waals surface area contributed by atoms with Gasteiger partial charge in [0.1, 0.15) is 11.3 Å². The summed E-state index contributed by atoms with van der Waals surface area (Å²) in [5.74, 6) is 2.59. The molecular formula is C31H19N3O. The lowest BCUT2D eigenvalue weighted by atomic mass is 10.1. The van der Waals surface area contributed by atoms with Gasteiger partial charge in [0.25, 0.3) is 0 Å². The third-order valence-electron chi connectivity index (χ3n) is 6.93. The topological polar surface area (TPSA) is 32.0 Å². The Hall–Kier alpha value is -4.83. The molecule has 0 amide bonds. The van der Waals surface area contributed by atoms with Gasteiger partial charge in [-0.1, -0.05) is 54.6 Å². The molecule has 1 aliphatic heterocycles. The zero-order valence-corrected chi connectivity index (χ0v) is 18.7. The second kappa shape index (κ2) is 6.84. The van der Waals surface area contributed by atoms with Crippen LogP contribution in [0.2, 0.25) is 0 Å². The summed E-state index contributed by atoms with van der Waals surface area (Å²) in [6.45, 7) is 0. The third kappa shape index (κ3) is 2.53. The molecule has 8 rings (SSSR count). The van der Waals surface area contributed by atoms with E-state index in [4.69, 9.17) is 9.72 Å². The van der Waals surface area contributed by atoms with E-state index in [9.17, 15) is 0 Å². The second-order valence-corrected chi connectivity index (χ2v) is 8.88. The highest BCUT2D eigenvalue weighted by Gasteiger charge is 2.24. The van der Waals surface area contributed by atoms with Gasteiger partial charge in [-0.25, -0.2) is 4.98 Å². The molecule has 7 aromatic rings. The Labute approximate surface area is 201 Å². The van der Waals surface area contributed by atoms with Gasteiger partial charge in [0.2, 0.25) is 0 Å². The summed E-state index contributed by atoms with van der Waals surface area (Å²) in [7, 11) is 0. The van der Waals surface area contributed by atoms with Crippen LogP contribution < -0.4 is 4.74 Å². The number of nitrogens with zero attached hydrogens (tertiary/aromatic N) is 3. The number of para-hydroxylation sites is 5. The quantitative estimate of drug-likeness (QED) is 0.269. The molecular weight excluding hydrogens is 430 g/mol. The van der Waals surface area contributed by atoms with Gasteiger partial charge in [-0.3, -0.25) is 4.57 Å². The minimum Gasteiger partial charge on any atom is -0.453 e. The maximum absolute atomic E-state index is 6.18. The van der Waals surface area contributed by atoms with E-state index in [1.165, 1.54) is 21.8 Å². The van der Waals surface area contributed by atoms with Crippen LogP contribution in [0.25, 0.3) is 55.6 Å². The first kappa shape index (κ1) is 18.6. The van der Waals surface area contributed by atoms with E-state index in [0.717, 1.165) is 45.3 Å². The summed E-state index contributed by atoms with van der Waals surface area (Å²) < 4.78 is 10.7. The van der Waals surface area contributed by atoms with Crippen LogP contribution >= 0.6 is 0 Å². The smallest absolute Gasteiger partial charge is 0.153 e. The van der Waals surface area contributed by atoms with Gasteiger partial charge < -0.3 is 9.30 Å². The van der Waals surface area contributed by atoms with E-state index < -0.39 is 0 Å². The Kier molecular flexibility index (Phi) is 3.63. The van der Waals surface area contributed by atoms with Gasteiger partial charge in [0.05, 0.1) is 22.2 Å². The van der Waals surface area contributed by atoms with Crippen LogP contribution in [0.1, 0.15) is 0 Å². The van der Waals surface area contributed by atoms with E-state index in [2.05, 4.69) is 88.0 Å². The van der Waals surface area contributed by atoms with Crippen LogP contribution in [0.5, 0.6) is 11.5 Å². The molecule has 0 N–H and O–H groups in total. The maximum Gasteiger partial charge on any atom is 0.153 e. The summed E-state index contributed by atoms with van der Waals surface area (Å²) in [6, 6.07) is 40.1. The second-order valence-electron chi connectivity index (χ2n) is 8.88. The summed E-state index contributed by atoms with van der Waals surface area (Å²) in [5, 5.41) is 2.53. The van der Waals surface area contributed by atoms with Crippen LogP contribution in [0.15, 0.2) is 115 Å². The van der Waals surface area contributed by atoms with Gasteiger partial charge in [-0.2, -0.15) is 0 Å². The Morgan fingerprint density at radius 2 is 1.20 bits per heavy atom. The minimum atomic E-state index is 0.835. The van der Waals surface area contributed by atoms with Crippen molar-refractivity contribution in [2.24, 2.45) is 0 Å². The Morgan fingerprint density at radius 3 is 1.97 bits per heavy atom. The highest BCUT2D eigenvalue weighted by Crippen LogP contribution is 2.43. The summed E-state index contributed by atoms with van der Waals surface area (Å²) in [4.78, 5) is 5.02. The van der Waals surface area contributed by atoms with E-state index in [1.54, 1.807) is 0 Å². The fourth-order valence-corrected chi connectivity index (χ4v) is 5.41. The summed E-state index contributed by atoms with van der Waals surface area (Å²) >= 11 is 0. The number of hydrogen-bond donors (Lipinski definition) is 0. The molecule has 4 heteroatoms. The van der Waals surface area contributed by atoms with Crippen LogP contribution in [0, 0.1) is 0 Å². The number of imidazole rings is 1. The number of ether oxygens (including phenoxy) is 1. The molecule has 0 fully saturated rings. The lowest BCUT2D eigenvalue weighted by molar-refractivity contribution is 0.476. The molecule has 0 bridgehead atoms. The molecule has 2 aromatic heterocycles. The van der Waals surface area contributed by atoms with Crippen molar-refractivity contribution in [3.8, 4) is 34.3 Å². The largest absolute Gasteiger partial charge is 0.453 e. The predicted octanol–water partition coefficient (Wildman–Crippen LogP) is 7.90. The normalized spacial score (nSPS) is 12.2. The molecule has 0 saturated carbocycles. The van der Waals surface area contributed by atoms with Crippen molar-refractivity contribution in [3.63, 3.8) is 0 Å². The SMILES string of the molecule is c1ccc2c(c1)Oc1cccc3nc(-c4ccc(-n5c6ccccc6c6ccccc65)cc4)n-2c13. The number of hydrogen-bond acceptors (Lipinski definition) is 2. The fraction of sp³-hybridized carbons (Fsp3) is 0. The van der Waals surface area contributed by atoms with Crippen molar-refractivity contribution in [3.05, 3.63) is 115 Å². The van der Waals surface area contributed by atoms with E-state index in [-0.39, 0.29) is 0 Å². The first-order valence-electron chi connectivity index (χ1n) is 11.7. The molecule has 0 unspecified atom stereocenters. The zero-order chi connectivity index (χ0) is 22.9. The first-order valence-corrected chi connectivity index (χ1v) is 11.7. The van der Waals surface area contributed by atoms with Crippen LogP contribution in [-0.2, 0) is 0 Å². The molecule has 3 heterocycles. The van der Waals surface area contributed by atoms with Gasteiger partial charge >= 0.3 is 0 Å². The van der Waals surface area contributed by atoms with Crippen molar-refractivity contribution < 1.29 is 4.74 Å². The molecule has 0 atom stereocenters. The Morgan fingerprint density at radius 1 is 0.543 bits per heavy atom. The zero-order valence-electron chi connectivity index (χ0n) is 18.7. The number of fused-ring (bicyclic) bond motifs is 5. The highest BCUT2D eigenvalue weighted by molar-refractivity contribution is 6.09. The molecule has 35 heavy (non-hydrogen) atoms. The van der Waals surface area contributed by atoms with Crippen molar-refractivity contribution in [1.29, 1.82) is 0 Å². The van der Waals surface area contributed by atoms with Gasteiger partial charge in [-0.05, 0) is 60.7 Å². The molecule has 164 valence electrons. The predicted molar refractivity (Wildman–Crippen MR) is 141 cm³/mol. The van der Waals surface area contributed by atoms with Crippen LogP contribution in [0.3, 0.4) is 0 Å². The van der Waals surface area contributed by atoms with E-state index >= 15 is 0 Å². The van der Waals surface area contributed by atoms with Gasteiger partial charge in [0.15, 0.2) is 11.5 Å². The average Bonchev–Trinajstić information content (AvgIpc) is 3.47. The molecule has 0 radical (unpaired) electrons. The number of benzene rings is 5. The van der Waals surface area contributed by atoms with Crippen LogP contribution in [0.4, 0.5) is 0 Å². The molecule has 1 aliphatic rings. The third-order valence-corrected chi connectivity index (χ3v) is 6.93. The number of aromatic nitrogens is 3. The number of rotatable bonds is 2. The lowest BCUT2D eigenvalue weighted by Gasteiger charge is -2.20.